The average Bonchev–Trinajstić information content (AvgIpc) is 3.20. The highest BCUT2D eigenvalue weighted by Crippen LogP contribution is 2.39. The SMILES string of the molecule is CC[C@H]1OC(=O)[C@H](C)C(=O)[C@H](C)[C@@H](O[C@@H]2O[C@H](C)C[C@H](N(C)C)[C@H]2O)[C@](C)(OC)C[C@@H](C)C(=O)[C@H](C)[C@@H](OC(=O)NCCNC(=O)c2cc([N+](=O)[O-])cc([N+](=O)[O-])c2)[C@]1(C)O. The molecule has 1 aromatic rings. The first kappa shape index (κ1) is 50.7. The molecule has 0 aliphatic carbocycles. The summed E-state index contributed by atoms with van der Waals surface area (Å²) in [5.41, 5.74) is -5.38. The Morgan fingerprint density at radius 3 is 2.02 bits per heavy atom. The number of cyclic esters (lactones) is 1. The summed E-state index contributed by atoms with van der Waals surface area (Å²) in [6.45, 7) is 11.6. The number of rotatable bonds is 12. The van der Waals surface area contributed by atoms with Crippen LogP contribution in [0.2, 0.25) is 0 Å². The van der Waals surface area contributed by atoms with Crippen LogP contribution in [0.3, 0.4) is 0 Å². The smallest absolute Gasteiger partial charge is 0.407 e. The molecule has 3 rings (SSSR count). The molecular weight excluding hydrogens is 806 g/mol. The number of hydrogen-bond acceptors (Lipinski definition) is 17. The van der Waals surface area contributed by atoms with E-state index < -0.39 is 116 Å². The van der Waals surface area contributed by atoms with Gasteiger partial charge in [0.15, 0.2) is 12.1 Å². The number of ketones is 2. The molecule has 13 atom stereocenters. The lowest BCUT2D eigenvalue weighted by Crippen LogP contribution is -2.60. The van der Waals surface area contributed by atoms with E-state index >= 15 is 0 Å². The number of esters is 1. The number of ether oxygens (including phenoxy) is 5. The molecule has 342 valence electrons. The van der Waals surface area contributed by atoms with Crippen LogP contribution in [0.4, 0.5) is 16.2 Å². The number of carbonyl (C=O) groups is 5. The first-order valence-corrected chi connectivity index (χ1v) is 20.2. The van der Waals surface area contributed by atoms with Gasteiger partial charge in [-0.1, -0.05) is 27.7 Å². The third-order valence-electron chi connectivity index (χ3n) is 11.8. The van der Waals surface area contributed by atoms with Crippen molar-refractivity contribution in [3.05, 3.63) is 44.0 Å². The fourth-order valence-electron chi connectivity index (χ4n) is 8.18. The van der Waals surface area contributed by atoms with Crippen LogP contribution < -0.4 is 10.6 Å². The van der Waals surface area contributed by atoms with Crippen LogP contribution in [0.15, 0.2) is 18.2 Å². The fourth-order valence-corrected chi connectivity index (χ4v) is 8.18. The summed E-state index contributed by atoms with van der Waals surface area (Å²) >= 11 is 0. The van der Waals surface area contributed by atoms with Crippen molar-refractivity contribution in [1.29, 1.82) is 0 Å². The van der Waals surface area contributed by atoms with Gasteiger partial charge in [-0.05, 0) is 61.1 Å². The molecule has 61 heavy (non-hydrogen) atoms. The number of likely N-dealkylation sites (N-methyl/N-ethyl adjacent to an activating group) is 1. The Morgan fingerprint density at radius 1 is 0.934 bits per heavy atom. The number of aliphatic hydroxyl groups excluding tert-OH is 1. The number of nitro groups is 2. The van der Waals surface area contributed by atoms with Gasteiger partial charge in [0.2, 0.25) is 0 Å². The van der Waals surface area contributed by atoms with Gasteiger partial charge in [-0.15, -0.1) is 0 Å². The minimum Gasteiger partial charge on any atom is -0.459 e. The summed E-state index contributed by atoms with van der Waals surface area (Å²) in [7, 11) is 4.99. The van der Waals surface area contributed by atoms with Crippen molar-refractivity contribution in [2.24, 2.45) is 23.7 Å². The number of methoxy groups -OCH3 is 1. The Morgan fingerprint density at radius 2 is 1.49 bits per heavy atom. The molecule has 2 aliphatic rings. The molecular formula is C40H61N5O16. The molecule has 2 aliphatic heterocycles. The van der Waals surface area contributed by atoms with Crippen LogP contribution in [-0.4, -0.2) is 143 Å². The second kappa shape index (κ2) is 20.9. The molecule has 0 bridgehead atoms. The van der Waals surface area contributed by atoms with Crippen molar-refractivity contribution < 1.29 is 67.7 Å². The normalized spacial score (nSPS) is 34.2. The van der Waals surface area contributed by atoms with E-state index in [-0.39, 0.29) is 43.6 Å². The Balaban J connectivity index is 1.93. The lowest BCUT2D eigenvalue weighted by molar-refractivity contribution is -0.394. The monoisotopic (exact) mass is 867 g/mol. The Hall–Kier alpha value is -4.67. The minimum absolute atomic E-state index is 0.0371. The number of nitro benzene ring substituents is 2. The zero-order valence-corrected chi connectivity index (χ0v) is 36.6. The summed E-state index contributed by atoms with van der Waals surface area (Å²) in [4.78, 5) is 90.8. The molecule has 0 spiro atoms. The van der Waals surface area contributed by atoms with E-state index in [1.807, 2.05) is 25.9 Å². The molecule has 2 saturated heterocycles. The number of amides is 2. The molecule has 2 amide bonds. The van der Waals surface area contributed by atoms with Gasteiger partial charge in [0.25, 0.3) is 17.3 Å². The predicted molar refractivity (Wildman–Crippen MR) is 215 cm³/mol. The molecule has 21 nitrogen and oxygen atoms in total. The van der Waals surface area contributed by atoms with E-state index in [1.165, 1.54) is 27.9 Å². The molecule has 0 radical (unpaired) electrons. The number of hydrogen-bond donors (Lipinski definition) is 4. The van der Waals surface area contributed by atoms with Gasteiger partial charge in [-0.3, -0.25) is 39.4 Å². The van der Waals surface area contributed by atoms with Gasteiger partial charge in [-0.2, -0.15) is 0 Å². The molecule has 0 unspecified atom stereocenters. The molecule has 2 fully saturated rings. The number of alkyl carbamates (subject to hydrolysis) is 1. The zero-order valence-electron chi connectivity index (χ0n) is 36.6. The standard InChI is InChI=1S/C40H61N5O16/c1-12-29-40(8,52)34(61-38(51)42-14-13-41-35(49)25-16-26(44(53)54)18-27(17-25)45(55)56)22(4)30(46)20(2)19-39(7,57-11)33(23(5)31(47)24(6)36(50)59-29)60-37-32(48)28(43(9)10)15-21(3)58-37/h16-18,20-24,28-29,32-34,37,48,52H,12-15,19H2,1-11H3,(H,41,49)(H,42,51)/t20-,21-,22+,23+,24-,28+,29-,32-,33-,34-,37+,39-,40-/m1/s1. The van der Waals surface area contributed by atoms with Gasteiger partial charge in [0, 0.05) is 50.2 Å². The van der Waals surface area contributed by atoms with Crippen molar-refractivity contribution >= 4 is 40.9 Å². The highest BCUT2D eigenvalue weighted by atomic mass is 16.7. The molecule has 4 N–H and O–H groups in total. The van der Waals surface area contributed by atoms with Crippen molar-refractivity contribution in [1.82, 2.24) is 15.5 Å². The van der Waals surface area contributed by atoms with Gasteiger partial charge in [0.1, 0.15) is 35.6 Å². The minimum atomic E-state index is -2.22. The van der Waals surface area contributed by atoms with Crippen LogP contribution in [0, 0.1) is 43.9 Å². The van der Waals surface area contributed by atoms with Crippen LogP contribution >= 0.6 is 0 Å². The highest BCUT2D eigenvalue weighted by Gasteiger charge is 2.53. The molecule has 1 aromatic carbocycles. The Kier molecular flexibility index (Phi) is 17.4. The Labute approximate surface area is 354 Å². The molecule has 21 heteroatoms. The summed E-state index contributed by atoms with van der Waals surface area (Å²) in [5.74, 6) is -7.65. The van der Waals surface area contributed by atoms with E-state index in [0.29, 0.717) is 12.5 Å². The summed E-state index contributed by atoms with van der Waals surface area (Å²) in [6.07, 6.45) is -7.71. The first-order chi connectivity index (χ1) is 28.3. The first-order valence-electron chi connectivity index (χ1n) is 20.2. The number of benzene rings is 1. The van der Waals surface area contributed by atoms with Crippen molar-refractivity contribution in [3.63, 3.8) is 0 Å². The van der Waals surface area contributed by atoms with E-state index in [4.69, 9.17) is 23.7 Å². The van der Waals surface area contributed by atoms with E-state index in [2.05, 4.69) is 10.6 Å². The van der Waals surface area contributed by atoms with E-state index in [9.17, 15) is 54.4 Å². The summed E-state index contributed by atoms with van der Waals surface area (Å²) < 4.78 is 30.0. The molecule has 0 aromatic heterocycles. The maximum absolute atomic E-state index is 14.4. The average molecular weight is 868 g/mol. The number of nitrogens with zero attached hydrogens (tertiary/aromatic N) is 3. The summed E-state index contributed by atoms with van der Waals surface area (Å²) in [6, 6.07) is 2.05. The number of carbonyl (C=O) groups excluding carboxylic acids is 5. The van der Waals surface area contributed by atoms with Crippen LogP contribution in [-0.2, 0) is 38.1 Å². The van der Waals surface area contributed by atoms with Crippen molar-refractivity contribution in [2.45, 2.75) is 129 Å². The highest BCUT2D eigenvalue weighted by molar-refractivity contribution is 6.00. The van der Waals surface area contributed by atoms with Gasteiger partial charge in [-0.25, -0.2) is 4.79 Å². The topological polar surface area (TPSA) is 286 Å². The number of non-ortho nitro benzene ring substituents is 2. The largest absolute Gasteiger partial charge is 0.459 e. The third-order valence-corrected chi connectivity index (χ3v) is 11.8. The predicted octanol–water partition coefficient (Wildman–Crippen LogP) is 2.70. The maximum Gasteiger partial charge on any atom is 0.407 e. The number of aliphatic hydroxyl groups is 2. The molecule has 2 heterocycles. The number of nitrogens with one attached hydrogen (secondary N) is 2. The van der Waals surface area contributed by atoms with Crippen molar-refractivity contribution in [2.75, 3.05) is 34.3 Å². The van der Waals surface area contributed by atoms with Crippen LogP contribution in [0.25, 0.3) is 0 Å². The molecule has 0 saturated carbocycles. The zero-order chi connectivity index (χ0) is 46.3. The maximum atomic E-state index is 14.4. The van der Waals surface area contributed by atoms with Crippen LogP contribution in [0.1, 0.15) is 85.0 Å². The quantitative estimate of drug-likeness (QED) is 0.0772. The van der Waals surface area contributed by atoms with Gasteiger partial charge >= 0.3 is 12.1 Å². The second-order valence-electron chi connectivity index (χ2n) is 16.7. The fraction of sp³-hybridized carbons (Fsp3) is 0.725. The summed E-state index contributed by atoms with van der Waals surface area (Å²) in [5, 5.41) is 50.7. The lowest BCUT2D eigenvalue weighted by atomic mass is 9.74. The number of Topliss-reactive ketones (excluding diaryl/α,β-unsaturated/α-hetero) is 2. The van der Waals surface area contributed by atoms with E-state index in [1.54, 1.807) is 27.7 Å². The van der Waals surface area contributed by atoms with Gasteiger partial charge in [0.05, 0.1) is 45.2 Å². The van der Waals surface area contributed by atoms with Gasteiger partial charge < -0.3 is 49.4 Å². The van der Waals surface area contributed by atoms with E-state index in [0.717, 1.165) is 12.1 Å². The Bertz CT molecular complexity index is 1760. The second-order valence-corrected chi connectivity index (χ2v) is 16.7. The van der Waals surface area contributed by atoms with Crippen molar-refractivity contribution in [3.8, 4) is 0 Å². The van der Waals surface area contributed by atoms with Crippen LogP contribution in [0.5, 0.6) is 0 Å². The third kappa shape index (κ3) is 12.0. The lowest BCUT2D eigenvalue weighted by Gasteiger charge is -2.47.